The number of likely N-dealkylation sites (tertiary alicyclic amines) is 1. The molecule has 0 amide bonds. The van der Waals surface area contributed by atoms with Crippen LogP contribution in [0, 0.1) is 0 Å². The summed E-state index contributed by atoms with van der Waals surface area (Å²) >= 11 is 0. The molecule has 0 atom stereocenters. The Hall–Kier alpha value is -2.98. The molecule has 0 spiro atoms. The van der Waals surface area contributed by atoms with Gasteiger partial charge < -0.3 is 21.1 Å². The maximum Gasteiger partial charge on any atom is 0.222 e. The number of rotatable bonds is 9. The van der Waals surface area contributed by atoms with Gasteiger partial charge in [0.25, 0.3) is 0 Å². The summed E-state index contributed by atoms with van der Waals surface area (Å²) in [5.41, 5.74) is 9.57. The number of methoxy groups -OCH3 is 1. The maximum atomic E-state index is 5.92. The van der Waals surface area contributed by atoms with Crippen LogP contribution in [-0.2, 0) is 6.54 Å². The highest BCUT2D eigenvalue weighted by atomic mass is 16.5. The molecular formula is C24H35N9O. The van der Waals surface area contributed by atoms with Crippen LogP contribution in [0.1, 0.15) is 49.8 Å². The molecule has 2 saturated heterocycles. The molecule has 10 nitrogen and oxygen atoms in total. The molecular weight excluding hydrogens is 430 g/mol. The fraction of sp³-hybridized carbons (Fsp3) is 0.583. The molecule has 4 N–H and O–H groups in total. The normalized spacial score (nSPS) is 17.7. The van der Waals surface area contributed by atoms with Crippen molar-refractivity contribution in [2.75, 3.05) is 50.9 Å². The van der Waals surface area contributed by atoms with Crippen LogP contribution >= 0.6 is 0 Å². The Morgan fingerprint density at radius 3 is 2.74 bits per heavy atom. The minimum Gasteiger partial charge on any atom is -0.495 e. The number of fused-ring (bicyclic) bond motifs is 1. The third-order valence-corrected chi connectivity index (χ3v) is 7.08. The maximum absolute atomic E-state index is 5.92. The Morgan fingerprint density at radius 1 is 1.21 bits per heavy atom. The molecule has 3 aromatic rings. The van der Waals surface area contributed by atoms with E-state index in [1.54, 1.807) is 13.3 Å². The summed E-state index contributed by atoms with van der Waals surface area (Å²) in [7, 11) is 1.71. The van der Waals surface area contributed by atoms with Crippen LogP contribution in [-0.4, -0.2) is 75.5 Å². The van der Waals surface area contributed by atoms with Crippen molar-refractivity contribution in [2.45, 2.75) is 51.1 Å². The summed E-state index contributed by atoms with van der Waals surface area (Å²) in [4.78, 5) is 16.2. The van der Waals surface area contributed by atoms with E-state index >= 15 is 0 Å². The van der Waals surface area contributed by atoms with E-state index < -0.39 is 0 Å². The van der Waals surface area contributed by atoms with Gasteiger partial charge in [-0.05, 0) is 49.9 Å². The van der Waals surface area contributed by atoms with Gasteiger partial charge in [-0.15, -0.1) is 0 Å². The van der Waals surface area contributed by atoms with Gasteiger partial charge in [-0.25, -0.2) is 4.98 Å². The first-order valence-electron chi connectivity index (χ1n) is 12.4. The minimum absolute atomic E-state index is 0.241. The number of nitrogens with zero attached hydrogens (tertiary/aromatic N) is 6. The van der Waals surface area contributed by atoms with Gasteiger partial charge in [0, 0.05) is 31.9 Å². The van der Waals surface area contributed by atoms with E-state index in [0.29, 0.717) is 18.3 Å². The topological polar surface area (TPSA) is 119 Å². The molecule has 2 fully saturated rings. The first kappa shape index (κ1) is 22.8. The quantitative estimate of drug-likeness (QED) is 0.409. The highest BCUT2D eigenvalue weighted by Gasteiger charge is 2.29. The smallest absolute Gasteiger partial charge is 0.222 e. The predicted octanol–water partition coefficient (Wildman–Crippen LogP) is 2.22. The Morgan fingerprint density at radius 2 is 2.03 bits per heavy atom. The lowest BCUT2D eigenvalue weighted by Crippen LogP contribution is -2.58. The summed E-state index contributed by atoms with van der Waals surface area (Å²) in [6.45, 7) is 8.01. The first-order chi connectivity index (χ1) is 16.7. The fourth-order valence-electron chi connectivity index (χ4n) is 4.92. The summed E-state index contributed by atoms with van der Waals surface area (Å²) in [5, 5.41) is 11.3. The summed E-state index contributed by atoms with van der Waals surface area (Å²) in [5.74, 6) is 2.27. The average molecular weight is 466 g/mol. The van der Waals surface area contributed by atoms with Gasteiger partial charge in [0.05, 0.1) is 19.9 Å². The minimum atomic E-state index is 0.241. The largest absolute Gasteiger partial charge is 0.495 e. The standard InChI is InChI=1S/C24H35N9O/c1-3-4-7-27-23-22-19(30-24(25)31-23)14-29-33(22)15-20-21(34-2)10-17(11-28-20)16-5-8-32(9-6-16)18-12-26-13-18/h10-11,14,16,18,26H,3-9,12-13,15H2,1-2H3,(H3,25,27,30,31). The Kier molecular flexibility index (Phi) is 6.77. The molecule has 0 radical (unpaired) electrons. The second-order valence-corrected chi connectivity index (χ2v) is 9.29. The average Bonchev–Trinajstić information content (AvgIpc) is 3.21. The molecule has 0 aliphatic carbocycles. The SMILES string of the molecule is CCCCNc1nc(N)nc2cnn(Cc3ncc(C4CCN(C5CNC5)CC4)cc3OC)c12. The van der Waals surface area contributed by atoms with Crippen molar-refractivity contribution in [3.8, 4) is 5.75 Å². The van der Waals surface area contributed by atoms with Crippen LogP contribution in [0.4, 0.5) is 11.8 Å². The van der Waals surface area contributed by atoms with Crippen LogP contribution in [0.5, 0.6) is 5.75 Å². The van der Waals surface area contributed by atoms with E-state index in [1.165, 1.54) is 5.56 Å². The molecule has 0 aromatic carbocycles. The van der Waals surface area contributed by atoms with Crippen LogP contribution < -0.4 is 21.1 Å². The van der Waals surface area contributed by atoms with E-state index in [2.05, 4.69) is 43.6 Å². The number of nitrogens with one attached hydrogen (secondary N) is 2. The molecule has 10 heteroatoms. The lowest BCUT2D eigenvalue weighted by atomic mass is 9.89. The number of anilines is 2. The molecule has 182 valence electrons. The van der Waals surface area contributed by atoms with E-state index in [1.807, 2.05) is 10.9 Å². The monoisotopic (exact) mass is 465 g/mol. The number of hydrogen-bond acceptors (Lipinski definition) is 9. The van der Waals surface area contributed by atoms with E-state index in [9.17, 15) is 0 Å². The van der Waals surface area contributed by atoms with Crippen LogP contribution in [0.2, 0.25) is 0 Å². The summed E-state index contributed by atoms with van der Waals surface area (Å²) < 4.78 is 7.64. The molecule has 0 saturated carbocycles. The highest BCUT2D eigenvalue weighted by molar-refractivity contribution is 5.86. The van der Waals surface area contributed by atoms with Crippen molar-refractivity contribution < 1.29 is 4.74 Å². The molecule has 2 aliphatic heterocycles. The van der Waals surface area contributed by atoms with Gasteiger partial charge in [-0.3, -0.25) is 14.6 Å². The van der Waals surface area contributed by atoms with Crippen molar-refractivity contribution in [1.29, 1.82) is 0 Å². The zero-order chi connectivity index (χ0) is 23.5. The van der Waals surface area contributed by atoms with Crippen molar-refractivity contribution in [2.24, 2.45) is 0 Å². The third-order valence-electron chi connectivity index (χ3n) is 7.08. The van der Waals surface area contributed by atoms with Crippen molar-refractivity contribution in [3.63, 3.8) is 0 Å². The lowest BCUT2D eigenvalue weighted by Gasteiger charge is -2.42. The van der Waals surface area contributed by atoms with Crippen LogP contribution in [0.15, 0.2) is 18.5 Å². The van der Waals surface area contributed by atoms with E-state index in [4.69, 9.17) is 15.5 Å². The number of aromatic nitrogens is 5. The van der Waals surface area contributed by atoms with Crippen LogP contribution in [0.3, 0.4) is 0 Å². The number of pyridine rings is 1. The Balaban J connectivity index is 1.34. The number of piperidine rings is 1. The number of nitrogen functional groups attached to an aromatic ring is 1. The number of hydrogen-bond donors (Lipinski definition) is 3. The molecule has 0 unspecified atom stereocenters. The number of ether oxygens (including phenoxy) is 1. The zero-order valence-electron chi connectivity index (χ0n) is 20.1. The predicted molar refractivity (Wildman–Crippen MR) is 133 cm³/mol. The Bertz CT molecular complexity index is 1120. The van der Waals surface area contributed by atoms with Gasteiger partial charge >= 0.3 is 0 Å². The van der Waals surface area contributed by atoms with Gasteiger partial charge in [0.1, 0.15) is 22.5 Å². The van der Waals surface area contributed by atoms with Gasteiger partial charge in [-0.2, -0.15) is 10.1 Å². The van der Waals surface area contributed by atoms with E-state index in [-0.39, 0.29) is 5.95 Å². The zero-order valence-corrected chi connectivity index (χ0v) is 20.1. The third kappa shape index (κ3) is 4.65. The molecule has 0 bridgehead atoms. The molecule has 5 heterocycles. The second kappa shape index (κ2) is 10.1. The summed E-state index contributed by atoms with van der Waals surface area (Å²) in [6, 6.07) is 2.88. The van der Waals surface area contributed by atoms with Crippen molar-refractivity contribution >= 4 is 22.8 Å². The number of unbranched alkanes of at least 4 members (excludes halogenated alkanes) is 1. The molecule has 2 aliphatic rings. The van der Waals surface area contributed by atoms with Gasteiger partial charge in [0.2, 0.25) is 5.95 Å². The molecule has 5 rings (SSSR count). The number of nitrogens with two attached hydrogens (primary N) is 1. The lowest BCUT2D eigenvalue weighted by molar-refractivity contribution is 0.113. The molecule has 3 aromatic heterocycles. The van der Waals surface area contributed by atoms with Gasteiger partial charge in [-0.1, -0.05) is 13.3 Å². The highest BCUT2D eigenvalue weighted by Crippen LogP contribution is 2.32. The fourth-order valence-corrected chi connectivity index (χ4v) is 4.92. The van der Waals surface area contributed by atoms with Gasteiger partial charge in [0.15, 0.2) is 5.82 Å². The molecule has 34 heavy (non-hydrogen) atoms. The summed E-state index contributed by atoms with van der Waals surface area (Å²) in [6.07, 6.45) is 8.22. The Labute approximate surface area is 200 Å². The van der Waals surface area contributed by atoms with Crippen LogP contribution in [0.25, 0.3) is 11.0 Å². The van der Waals surface area contributed by atoms with Crippen molar-refractivity contribution in [3.05, 3.63) is 29.7 Å². The first-order valence-corrected chi connectivity index (χ1v) is 12.4. The van der Waals surface area contributed by atoms with E-state index in [0.717, 1.165) is 86.9 Å². The second-order valence-electron chi connectivity index (χ2n) is 9.29. The van der Waals surface area contributed by atoms with Crippen molar-refractivity contribution in [1.82, 2.24) is 34.9 Å².